The van der Waals surface area contributed by atoms with Gasteiger partial charge >= 0.3 is 0 Å². The van der Waals surface area contributed by atoms with E-state index in [-0.39, 0.29) is 5.91 Å². The summed E-state index contributed by atoms with van der Waals surface area (Å²) in [6.45, 7) is 8.95. The summed E-state index contributed by atoms with van der Waals surface area (Å²) < 4.78 is 5.29. The first-order chi connectivity index (χ1) is 9.62. The molecule has 0 radical (unpaired) electrons. The van der Waals surface area contributed by atoms with Crippen LogP contribution < -0.4 is 5.32 Å². The molecule has 0 aliphatic heterocycles. The Kier molecular flexibility index (Phi) is 7.33. The quantitative estimate of drug-likeness (QED) is 0.592. The minimum atomic E-state index is -0.0596. The van der Waals surface area contributed by atoms with Crippen molar-refractivity contribution in [3.63, 3.8) is 0 Å². The van der Waals surface area contributed by atoms with E-state index in [1.165, 1.54) is 0 Å². The largest absolute Gasteiger partial charge is 0.380 e. The highest BCUT2D eigenvalue weighted by Gasteiger charge is 2.15. The third-order valence-electron chi connectivity index (χ3n) is 2.78. The van der Waals surface area contributed by atoms with Gasteiger partial charge in [-0.25, -0.2) is 4.98 Å². The highest BCUT2D eigenvalue weighted by Crippen LogP contribution is 2.16. The molecule has 0 atom stereocenters. The van der Waals surface area contributed by atoms with Crippen molar-refractivity contribution in [3.8, 4) is 0 Å². The lowest BCUT2D eigenvalue weighted by Crippen LogP contribution is -2.34. The van der Waals surface area contributed by atoms with Crippen LogP contribution in [-0.4, -0.2) is 48.6 Å². The van der Waals surface area contributed by atoms with Crippen molar-refractivity contribution in [1.82, 2.24) is 9.88 Å². The molecule has 0 fully saturated rings. The summed E-state index contributed by atoms with van der Waals surface area (Å²) in [7, 11) is 0. The number of amides is 1. The number of rotatable bonds is 8. The van der Waals surface area contributed by atoms with Crippen LogP contribution >= 0.6 is 11.6 Å². The van der Waals surface area contributed by atoms with E-state index in [0.717, 1.165) is 6.54 Å². The smallest absolute Gasteiger partial charge is 0.254 e. The maximum Gasteiger partial charge on any atom is 0.254 e. The highest BCUT2D eigenvalue weighted by molar-refractivity contribution is 6.29. The Balaban J connectivity index is 2.82. The van der Waals surface area contributed by atoms with Gasteiger partial charge in [-0.1, -0.05) is 11.6 Å². The van der Waals surface area contributed by atoms with Gasteiger partial charge in [-0.15, -0.1) is 0 Å². The molecule has 20 heavy (non-hydrogen) atoms. The molecule has 0 saturated carbocycles. The molecular weight excluding hydrogens is 278 g/mol. The number of hydrogen-bond donors (Lipinski definition) is 1. The molecule has 0 aliphatic rings. The number of carbonyl (C=O) groups excluding carboxylic acids is 1. The first-order valence-electron chi connectivity index (χ1n) is 6.90. The molecular formula is C14H22ClN3O2. The molecule has 0 unspecified atom stereocenters. The summed E-state index contributed by atoms with van der Waals surface area (Å²) in [5.41, 5.74) is 0.541. The zero-order valence-electron chi connectivity index (χ0n) is 12.3. The summed E-state index contributed by atoms with van der Waals surface area (Å²) in [6, 6.07) is 3.31. The van der Waals surface area contributed by atoms with Crippen LogP contribution in [0.2, 0.25) is 5.15 Å². The van der Waals surface area contributed by atoms with Gasteiger partial charge in [-0.2, -0.15) is 0 Å². The Morgan fingerprint density at radius 1 is 1.40 bits per heavy atom. The minimum absolute atomic E-state index is 0.0596. The normalized spacial score (nSPS) is 10.4. The van der Waals surface area contributed by atoms with Crippen LogP contribution in [0.3, 0.4) is 0 Å². The van der Waals surface area contributed by atoms with Crippen molar-refractivity contribution in [2.75, 3.05) is 38.2 Å². The summed E-state index contributed by atoms with van der Waals surface area (Å²) in [4.78, 5) is 18.3. The molecule has 1 heterocycles. The Morgan fingerprint density at radius 2 is 2.15 bits per heavy atom. The predicted molar refractivity (Wildman–Crippen MR) is 81.5 cm³/mol. The zero-order chi connectivity index (χ0) is 15.0. The molecule has 112 valence electrons. The van der Waals surface area contributed by atoms with Gasteiger partial charge < -0.3 is 15.0 Å². The van der Waals surface area contributed by atoms with Gasteiger partial charge in [-0.05, 0) is 32.9 Å². The van der Waals surface area contributed by atoms with Crippen LogP contribution in [0, 0.1) is 0 Å². The van der Waals surface area contributed by atoms with Crippen LogP contribution in [0.5, 0.6) is 0 Å². The van der Waals surface area contributed by atoms with Crippen molar-refractivity contribution >= 4 is 23.3 Å². The molecule has 1 amide bonds. The number of anilines is 1. The summed E-state index contributed by atoms with van der Waals surface area (Å²) in [5, 5.41) is 3.37. The first-order valence-corrected chi connectivity index (χ1v) is 7.28. The van der Waals surface area contributed by atoms with Crippen molar-refractivity contribution in [2.45, 2.75) is 20.8 Å². The molecule has 1 aromatic heterocycles. The molecule has 0 aliphatic carbocycles. The minimum Gasteiger partial charge on any atom is -0.380 e. The SMILES string of the molecule is CCNc1cc(C(=O)N(CC)CCOCC)cc(Cl)n1. The molecule has 0 saturated heterocycles. The Labute approximate surface area is 125 Å². The zero-order valence-corrected chi connectivity index (χ0v) is 13.0. The number of carbonyl (C=O) groups is 1. The fraction of sp³-hybridized carbons (Fsp3) is 0.571. The maximum absolute atomic E-state index is 12.4. The van der Waals surface area contributed by atoms with Crippen LogP contribution in [0.25, 0.3) is 0 Å². The number of halogens is 1. The summed E-state index contributed by atoms with van der Waals surface area (Å²) in [5.74, 6) is 0.555. The number of ether oxygens (including phenoxy) is 1. The van der Waals surface area contributed by atoms with E-state index >= 15 is 0 Å². The average Bonchev–Trinajstić information content (AvgIpc) is 2.43. The van der Waals surface area contributed by atoms with Crippen LogP contribution in [0.4, 0.5) is 5.82 Å². The fourth-order valence-corrected chi connectivity index (χ4v) is 2.01. The number of hydrogen-bond acceptors (Lipinski definition) is 4. The van der Waals surface area contributed by atoms with Crippen molar-refractivity contribution in [3.05, 3.63) is 22.8 Å². The van der Waals surface area contributed by atoms with Crippen molar-refractivity contribution in [2.24, 2.45) is 0 Å². The predicted octanol–water partition coefficient (Wildman–Crippen LogP) is 2.67. The van der Waals surface area contributed by atoms with Crippen LogP contribution in [-0.2, 0) is 4.74 Å². The monoisotopic (exact) mass is 299 g/mol. The third-order valence-corrected chi connectivity index (χ3v) is 2.97. The first kappa shape index (κ1) is 16.7. The lowest BCUT2D eigenvalue weighted by Gasteiger charge is -2.21. The van der Waals surface area contributed by atoms with Gasteiger partial charge in [0.05, 0.1) is 6.61 Å². The number of nitrogens with zero attached hydrogens (tertiary/aromatic N) is 2. The van der Waals surface area contributed by atoms with Gasteiger partial charge in [-0.3, -0.25) is 4.79 Å². The lowest BCUT2D eigenvalue weighted by molar-refractivity contribution is 0.0669. The van der Waals surface area contributed by atoms with Crippen LogP contribution in [0.15, 0.2) is 12.1 Å². The van der Waals surface area contributed by atoms with Crippen molar-refractivity contribution < 1.29 is 9.53 Å². The van der Waals surface area contributed by atoms with E-state index in [1.807, 2.05) is 20.8 Å². The van der Waals surface area contributed by atoms with E-state index in [0.29, 0.717) is 42.8 Å². The van der Waals surface area contributed by atoms with Gasteiger partial charge in [0.15, 0.2) is 0 Å². The van der Waals surface area contributed by atoms with Gasteiger partial charge in [0.1, 0.15) is 11.0 Å². The lowest BCUT2D eigenvalue weighted by atomic mass is 10.2. The van der Waals surface area contributed by atoms with Crippen LogP contribution in [0.1, 0.15) is 31.1 Å². The molecule has 1 rings (SSSR count). The summed E-state index contributed by atoms with van der Waals surface area (Å²) >= 11 is 5.96. The molecule has 0 spiro atoms. The Hall–Kier alpha value is -1.33. The van der Waals surface area contributed by atoms with E-state index in [2.05, 4.69) is 10.3 Å². The fourth-order valence-electron chi connectivity index (χ4n) is 1.80. The second kappa shape index (κ2) is 8.76. The van der Waals surface area contributed by atoms with E-state index in [4.69, 9.17) is 16.3 Å². The van der Waals surface area contributed by atoms with E-state index in [1.54, 1.807) is 17.0 Å². The third kappa shape index (κ3) is 4.98. The molecule has 1 N–H and O–H groups in total. The Morgan fingerprint density at radius 3 is 2.75 bits per heavy atom. The maximum atomic E-state index is 12.4. The molecule has 0 aromatic carbocycles. The number of nitrogens with one attached hydrogen (secondary N) is 1. The van der Waals surface area contributed by atoms with E-state index in [9.17, 15) is 4.79 Å². The number of pyridine rings is 1. The number of aromatic nitrogens is 1. The van der Waals surface area contributed by atoms with Gasteiger partial charge in [0, 0.05) is 31.8 Å². The molecule has 5 nitrogen and oxygen atoms in total. The van der Waals surface area contributed by atoms with E-state index < -0.39 is 0 Å². The highest BCUT2D eigenvalue weighted by atomic mass is 35.5. The van der Waals surface area contributed by atoms with Gasteiger partial charge in [0.2, 0.25) is 0 Å². The standard InChI is InChI=1S/C14H22ClN3O2/c1-4-16-13-10-11(9-12(15)17-13)14(19)18(5-2)7-8-20-6-3/h9-10H,4-8H2,1-3H3,(H,16,17). The average molecular weight is 300 g/mol. The van der Waals surface area contributed by atoms with Crippen molar-refractivity contribution in [1.29, 1.82) is 0 Å². The summed E-state index contributed by atoms with van der Waals surface area (Å²) in [6.07, 6.45) is 0. The topological polar surface area (TPSA) is 54.5 Å². The Bertz CT molecular complexity index is 440. The molecule has 6 heteroatoms. The second-order valence-corrected chi connectivity index (χ2v) is 4.56. The second-order valence-electron chi connectivity index (χ2n) is 4.18. The van der Waals surface area contributed by atoms with Gasteiger partial charge in [0.25, 0.3) is 5.91 Å². The molecule has 0 bridgehead atoms. The molecule has 1 aromatic rings. The number of likely N-dealkylation sites (N-methyl/N-ethyl adjacent to an activating group) is 1.